The largest absolute Gasteiger partial charge is 0.508 e. The molecule has 0 atom stereocenters. The van der Waals surface area contributed by atoms with Gasteiger partial charge in [0.05, 0.1) is 10.6 Å². The molecule has 2 rings (SSSR count). The second-order valence-corrected chi connectivity index (χ2v) is 4.50. The molecular weight excluding hydrogens is 264 g/mol. The third-order valence-electron chi connectivity index (χ3n) is 2.60. The molecule has 0 bridgehead atoms. The minimum absolute atomic E-state index is 0.00138. The summed E-state index contributed by atoms with van der Waals surface area (Å²) in [5.74, 6) is -0.346. The normalized spacial score (nSPS) is 10.2. The van der Waals surface area contributed by atoms with Crippen molar-refractivity contribution in [2.24, 2.45) is 0 Å². The Bertz CT molecular complexity index is 614. The zero-order valence-corrected chi connectivity index (χ0v) is 10.8. The van der Waals surface area contributed by atoms with Crippen molar-refractivity contribution in [2.75, 3.05) is 5.73 Å². The fourth-order valence-electron chi connectivity index (χ4n) is 1.67. The number of amides is 1. The highest BCUT2D eigenvalue weighted by Crippen LogP contribution is 2.21. The summed E-state index contributed by atoms with van der Waals surface area (Å²) in [5, 5.41) is 12.4. The van der Waals surface area contributed by atoms with E-state index in [-0.39, 0.29) is 17.2 Å². The van der Waals surface area contributed by atoms with Crippen LogP contribution in [0, 0.1) is 0 Å². The van der Waals surface area contributed by atoms with Crippen LogP contribution in [0.3, 0.4) is 0 Å². The number of hydrogen-bond acceptors (Lipinski definition) is 3. The smallest absolute Gasteiger partial charge is 0.253 e. The molecule has 0 heterocycles. The van der Waals surface area contributed by atoms with Gasteiger partial charge in [0.25, 0.3) is 5.91 Å². The van der Waals surface area contributed by atoms with Gasteiger partial charge in [-0.05, 0) is 35.9 Å². The van der Waals surface area contributed by atoms with E-state index in [2.05, 4.69) is 5.32 Å². The first-order valence-electron chi connectivity index (χ1n) is 5.67. The number of rotatable bonds is 3. The van der Waals surface area contributed by atoms with Crippen LogP contribution in [-0.2, 0) is 6.54 Å². The van der Waals surface area contributed by atoms with E-state index in [0.717, 1.165) is 5.56 Å². The van der Waals surface area contributed by atoms with Crippen LogP contribution in [0.25, 0.3) is 0 Å². The van der Waals surface area contributed by atoms with Crippen LogP contribution in [0.4, 0.5) is 5.69 Å². The minimum atomic E-state index is -0.344. The van der Waals surface area contributed by atoms with Crippen LogP contribution in [0.5, 0.6) is 5.75 Å². The van der Waals surface area contributed by atoms with Gasteiger partial charge in [-0.1, -0.05) is 23.7 Å². The minimum Gasteiger partial charge on any atom is -0.508 e. The van der Waals surface area contributed by atoms with Crippen LogP contribution < -0.4 is 11.1 Å². The standard InChI is InChI=1S/C14H13ClN2O2/c15-13-5-4-11(18)7-12(13)14(19)17-8-9-2-1-3-10(16)6-9/h1-7,18H,8,16H2,(H,17,19). The van der Waals surface area contributed by atoms with Gasteiger partial charge >= 0.3 is 0 Å². The number of hydrogen-bond donors (Lipinski definition) is 3. The molecule has 0 fully saturated rings. The summed E-state index contributed by atoms with van der Waals surface area (Å²) >= 11 is 5.91. The lowest BCUT2D eigenvalue weighted by atomic mass is 10.1. The van der Waals surface area contributed by atoms with E-state index >= 15 is 0 Å². The molecule has 0 unspecified atom stereocenters. The lowest BCUT2D eigenvalue weighted by molar-refractivity contribution is 0.0950. The molecule has 19 heavy (non-hydrogen) atoms. The number of phenolic OH excluding ortho intramolecular Hbond substituents is 1. The van der Waals surface area contributed by atoms with Crippen molar-refractivity contribution in [1.29, 1.82) is 0 Å². The quantitative estimate of drug-likeness (QED) is 0.754. The van der Waals surface area contributed by atoms with E-state index in [1.54, 1.807) is 12.1 Å². The number of carbonyl (C=O) groups is 1. The van der Waals surface area contributed by atoms with E-state index in [0.29, 0.717) is 17.3 Å². The van der Waals surface area contributed by atoms with E-state index in [9.17, 15) is 9.90 Å². The van der Waals surface area contributed by atoms with Gasteiger partial charge < -0.3 is 16.2 Å². The maximum Gasteiger partial charge on any atom is 0.253 e. The van der Waals surface area contributed by atoms with Crippen molar-refractivity contribution >= 4 is 23.2 Å². The molecule has 0 aliphatic rings. The monoisotopic (exact) mass is 276 g/mol. The molecule has 0 aliphatic heterocycles. The van der Waals surface area contributed by atoms with Crippen molar-refractivity contribution in [3.63, 3.8) is 0 Å². The van der Waals surface area contributed by atoms with Crippen LogP contribution in [0.2, 0.25) is 5.02 Å². The van der Waals surface area contributed by atoms with Gasteiger partial charge in [0, 0.05) is 12.2 Å². The van der Waals surface area contributed by atoms with Crippen molar-refractivity contribution in [2.45, 2.75) is 6.54 Å². The maximum absolute atomic E-state index is 11.9. The van der Waals surface area contributed by atoms with E-state index in [1.807, 2.05) is 12.1 Å². The second kappa shape index (κ2) is 5.63. The van der Waals surface area contributed by atoms with Gasteiger partial charge in [0.1, 0.15) is 5.75 Å². The van der Waals surface area contributed by atoms with Crippen LogP contribution in [0.1, 0.15) is 15.9 Å². The number of nitrogen functional groups attached to an aromatic ring is 1. The molecule has 0 saturated heterocycles. The van der Waals surface area contributed by atoms with Crippen molar-refractivity contribution < 1.29 is 9.90 Å². The Morgan fingerprint density at radius 1 is 1.26 bits per heavy atom. The Balaban J connectivity index is 2.07. The van der Waals surface area contributed by atoms with Crippen LogP contribution in [-0.4, -0.2) is 11.0 Å². The van der Waals surface area contributed by atoms with E-state index in [4.69, 9.17) is 17.3 Å². The number of anilines is 1. The molecule has 0 aromatic heterocycles. The molecule has 0 saturated carbocycles. The summed E-state index contributed by atoms with van der Waals surface area (Å²) in [6.07, 6.45) is 0. The number of aromatic hydroxyl groups is 1. The summed E-state index contributed by atoms with van der Waals surface area (Å²) in [7, 11) is 0. The molecular formula is C14H13ClN2O2. The summed E-state index contributed by atoms with van der Waals surface area (Å²) in [6.45, 7) is 0.343. The number of phenols is 1. The Kier molecular flexibility index (Phi) is 3.92. The fraction of sp³-hybridized carbons (Fsp3) is 0.0714. The van der Waals surface area contributed by atoms with Crippen molar-refractivity contribution in [3.8, 4) is 5.75 Å². The second-order valence-electron chi connectivity index (χ2n) is 4.09. The molecule has 2 aromatic carbocycles. The molecule has 98 valence electrons. The van der Waals surface area contributed by atoms with Crippen molar-refractivity contribution in [1.82, 2.24) is 5.32 Å². The van der Waals surface area contributed by atoms with Crippen molar-refractivity contribution in [3.05, 3.63) is 58.6 Å². The lowest BCUT2D eigenvalue weighted by Crippen LogP contribution is -2.23. The van der Waals surface area contributed by atoms with Gasteiger partial charge in [-0.2, -0.15) is 0 Å². The molecule has 2 aromatic rings. The number of nitrogens with two attached hydrogens (primary N) is 1. The average molecular weight is 277 g/mol. The van der Waals surface area contributed by atoms with Crippen LogP contribution >= 0.6 is 11.6 Å². The predicted octanol–water partition coefficient (Wildman–Crippen LogP) is 2.56. The summed E-state index contributed by atoms with van der Waals surface area (Å²) in [6, 6.07) is 11.5. The molecule has 4 nitrogen and oxygen atoms in total. The third kappa shape index (κ3) is 3.39. The van der Waals surface area contributed by atoms with Gasteiger partial charge in [-0.15, -0.1) is 0 Å². The molecule has 1 amide bonds. The first-order chi connectivity index (χ1) is 9.06. The Morgan fingerprint density at radius 2 is 2.05 bits per heavy atom. The Morgan fingerprint density at radius 3 is 2.79 bits per heavy atom. The zero-order chi connectivity index (χ0) is 13.8. The van der Waals surface area contributed by atoms with Gasteiger partial charge in [-0.25, -0.2) is 0 Å². The maximum atomic E-state index is 11.9. The van der Waals surface area contributed by atoms with Gasteiger partial charge in [-0.3, -0.25) is 4.79 Å². The Hall–Kier alpha value is -2.20. The zero-order valence-electron chi connectivity index (χ0n) is 10.1. The molecule has 0 spiro atoms. The first-order valence-corrected chi connectivity index (χ1v) is 6.05. The molecule has 0 radical (unpaired) electrons. The Labute approximate surface area is 115 Å². The van der Waals surface area contributed by atoms with Gasteiger partial charge in [0.15, 0.2) is 0 Å². The highest BCUT2D eigenvalue weighted by molar-refractivity contribution is 6.33. The highest BCUT2D eigenvalue weighted by atomic mass is 35.5. The average Bonchev–Trinajstić information content (AvgIpc) is 2.39. The van der Waals surface area contributed by atoms with E-state index in [1.165, 1.54) is 18.2 Å². The summed E-state index contributed by atoms with van der Waals surface area (Å²) in [5.41, 5.74) is 7.43. The highest BCUT2D eigenvalue weighted by Gasteiger charge is 2.10. The molecule has 0 aliphatic carbocycles. The number of halogens is 1. The molecule has 4 N–H and O–H groups in total. The van der Waals surface area contributed by atoms with E-state index < -0.39 is 0 Å². The first kappa shape index (κ1) is 13.2. The summed E-state index contributed by atoms with van der Waals surface area (Å²) < 4.78 is 0. The topological polar surface area (TPSA) is 75.3 Å². The lowest BCUT2D eigenvalue weighted by Gasteiger charge is -2.07. The fourth-order valence-corrected chi connectivity index (χ4v) is 1.87. The summed E-state index contributed by atoms with van der Waals surface area (Å²) in [4.78, 5) is 11.9. The predicted molar refractivity (Wildman–Crippen MR) is 75.1 cm³/mol. The van der Waals surface area contributed by atoms with Crippen LogP contribution in [0.15, 0.2) is 42.5 Å². The van der Waals surface area contributed by atoms with Gasteiger partial charge in [0.2, 0.25) is 0 Å². The number of nitrogens with one attached hydrogen (secondary N) is 1. The number of benzene rings is 2. The number of carbonyl (C=O) groups excluding carboxylic acids is 1. The SMILES string of the molecule is Nc1cccc(CNC(=O)c2cc(O)ccc2Cl)c1. The third-order valence-corrected chi connectivity index (χ3v) is 2.93. The molecule has 5 heteroatoms.